The number of hydrogen-bond acceptors (Lipinski definition) is 6. The summed E-state index contributed by atoms with van der Waals surface area (Å²) >= 11 is 1.37. The molecule has 0 saturated carbocycles. The summed E-state index contributed by atoms with van der Waals surface area (Å²) in [5.74, 6) is -1.25. The Morgan fingerprint density at radius 1 is 1.15 bits per heavy atom. The number of nitrogens with zero attached hydrogens (tertiary/aromatic N) is 2. The van der Waals surface area contributed by atoms with E-state index < -0.39 is 23.5 Å². The van der Waals surface area contributed by atoms with E-state index >= 15 is 0 Å². The third kappa shape index (κ3) is 6.22. The van der Waals surface area contributed by atoms with Crippen molar-refractivity contribution >= 4 is 23.0 Å². The van der Waals surface area contributed by atoms with Crippen molar-refractivity contribution in [1.82, 2.24) is 4.98 Å². The van der Waals surface area contributed by atoms with Crippen LogP contribution < -0.4 is 9.64 Å². The third-order valence-corrected chi connectivity index (χ3v) is 5.93. The zero-order chi connectivity index (χ0) is 24.2. The summed E-state index contributed by atoms with van der Waals surface area (Å²) in [5, 5.41) is 0.610. The minimum atomic E-state index is -4.39. The molecule has 0 aliphatic rings. The highest BCUT2D eigenvalue weighted by molar-refractivity contribution is 7.15. The number of benzene rings is 2. The van der Waals surface area contributed by atoms with Gasteiger partial charge in [-0.05, 0) is 38.1 Å². The Morgan fingerprint density at radius 2 is 1.85 bits per heavy atom. The lowest BCUT2D eigenvalue weighted by molar-refractivity contribution is -0.145. The lowest BCUT2D eigenvalue weighted by Crippen LogP contribution is -2.17. The van der Waals surface area contributed by atoms with Crippen LogP contribution in [0.25, 0.3) is 10.6 Å². The number of hydrogen-bond donors (Lipinski definition) is 0. The molecule has 3 rings (SSSR count). The van der Waals surface area contributed by atoms with Crippen molar-refractivity contribution in [3.63, 3.8) is 0 Å². The maximum atomic E-state index is 14.4. The van der Waals surface area contributed by atoms with E-state index in [2.05, 4.69) is 4.98 Å². The Kier molecular flexibility index (Phi) is 7.57. The molecule has 33 heavy (non-hydrogen) atoms. The standard InChI is InChI=1S/C23H22F4N2O3S/c1-4-31-21(30)13-32-19-10-9-17(11-18(19)24)29(3)12-20-14(2)28-22(33-20)15-5-7-16(8-6-15)23(25,26)27/h5-11H,4,12-13H2,1-3H3. The van der Waals surface area contributed by atoms with Gasteiger partial charge in [-0.15, -0.1) is 11.3 Å². The average molecular weight is 482 g/mol. The molecule has 5 nitrogen and oxygen atoms in total. The van der Waals surface area contributed by atoms with Gasteiger partial charge < -0.3 is 14.4 Å². The normalized spacial score (nSPS) is 11.4. The van der Waals surface area contributed by atoms with Crippen LogP contribution in [0.1, 0.15) is 23.1 Å². The fourth-order valence-corrected chi connectivity index (χ4v) is 4.11. The molecule has 2 aromatic carbocycles. The summed E-state index contributed by atoms with van der Waals surface area (Å²) < 4.78 is 62.7. The van der Waals surface area contributed by atoms with Gasteiger partial charge in [-0.1, -0.05) is 12.1 Å². The maximum Gasteiger partial charge on any atom is 0.416 e. The second kappa shape index (κ2) is 10.2. The maximum absolute atomic E-state index is 14.4. The SMILES string of the molecule is CCOC(=O)COc1ccc(N(C)Cc2sc(-c3ccc(C(F)(F)F)cc3)nc2C)cc1F. The van der Waals surface area contributed by atoms with Crippen molar-refractivity contribution in [2.24, 2.45) is 0 Å². The van der Waals surface area contributed by atoms with Crippen LogP contribution in [0.15, 0.2) is 42.5 Å². The van der Waals surface area contributed by atoms with Crippen molar-refractivity contribution in [2.75, 3.05) is 25.2 Å². The van der Waals surface area contributed by atoms with E-state index in [0.29, 0.717) is 22.8 Å². The number of esters is 1. The molecule has 0 N–H and O–H groups in total. The molecule has 0 unspecified atom stereocenters. The molecule has 0 aliphatic carbocycles. The number of carbonyl (C=O) groups excluding carboxylic acids is 1. The van der Waals surface area contributed by atoms with Gasteiger partial charge >= 0.3 is 12.1 Å². The molecule has 10 heteroatoms. The van der Waals surface area contributed by atoms with Crippen LogP contribution in [0.4, 0.5) is 23.2 Å². The predicted molar refractivity (Wildman–Crippen MR) is 118 cm³/mol. The van der Waals surface area contributed by atoms with Gasteiger partial charge in [0.05, 0.1) is 24.4 Å². The van der Waals surface area contributed by atoms with E-state index in [-0.39, 0.29) is 19.0 Å². The Bertz CT molecular complexity index is 1110. The van der Waals surface area contributed by atoms with E-state index in [1.54, 1.807) is 20.0 Å². The van der Waals surface area contributed by atoms with Crippen LogP contribution in [0.2, 0.25) is 0 Å². The molecule has 0 radical (unpaired) electrons. The molecule has 3 aromatic rings. The first-order chi connectivity index (χ1) is 15.6. The second-order valence-electron chi connectivity index (χ2n) is 7.17. The van der Waals surface area contributed by atoms with E-state index in [9.17, 15) is 22.4 Å². The van der Waals surface area contributed by atoms with Crippen LogP contribution in [0.5, 0.6) is 5.75 Å². The molecule has 0 aliphatic heterocycles. The van der Waals surface area contributed by atoms with Crippen molar-refractivity contribution in [3.8, 4) is 16.3 Å². The van der Waals surface area contributed by atoms with Crippen molar-refractivity contribution in [3.05, 3.63) is 64.4 Å². The summed E-state index contributed by atoms with van der Waals surface area (Å²) in [5.41, 5.74) is 1.21. The van der Waals surface area contributed by atoms with Crippen molar-refractivity contribution in [1.29, 1.82) is 0 Å². The Hall–Kier alpha value is -3.14. The van der Waals surface area contributed by atoms with Gasteiger partial charge in [-0.2, -0.15) is 13.2 Å². The molecule has 1 aromatic heterocycles. The van der Waals surface area contributed by atoms with E-state index in [4.69, 9.17) is 9.47 Å². The quantitative estimate of drug-likeness (QED) is 0.298. The number of aryl methyl sites for hydroxylation is 1. The minimum absolute atomic E-state index is 0.0567. The number of ether oxygens (including phenoxy) is 2. The number of halogens is 4. The minimum Gasteiger partial charge on any atom is -0.479 e. The Labute approximate surface area is 192 Å². The highest BCUT2D eigenvalue weighted by Crippen LogP contribution is 2.34. The zero-order valence-corrected chi connectivity index (χ0v) is 19.0. The number of rotatable bonds is 8. The molecular formula is C23H22F4N2O3S. The van der Waals surface area contributed by atoms with Crippen LogP contribution in [0.3, 0.4) is 0 Å². The molecule has 1 heterocycles. The molecule has 0 atom stereocenters. The Balaban J connectivity index is 1.69. The molecule has 0 amide bonds. The van der Waals surface area contributed by atoms with E-state index in [1.807, 2.05) is 11.8 Å². The summed E-state index contributed by atoms with van der Waals surface area (Å²) in [6.45, 7) is 3.74. The highest BCUT2D eigenvalue weighted by atomic mass is 32.1. The first kappa shape index (κ1) is 24.5. The first-order valence-corrected chi connectivity index (χ1v) is 10.8. The lowest BCUT2D eigenvalue weighted by Gasteiger charge is -2.19. The van der Waals surface area contributed by atoms with Crippen LogP contribution in [-0.4, -0.2) is 31.2 Å². The fraction of sp³-hybridized carbons (Fsp3) is 0.304. The summed E-state index contributed by atoms with van der Waals surface area (Å²) in [7, 11) is 1.78. The van der Waals surface area contributed by atoms with Crippen molar-refractivity contribution < 1.29 is 31.8 Å². The van der Waals surface area contributed by atoms with Crippen LogP contribution in [-0.2, 0) is 22.3 Å². The largest absolute Gasteiger partial charge is 0.479 e. The van der Waals surface area contributed by atoms with Gasteiger partial charge in [0.15, 0.2) is 18.2 Å². The second-order valence-corrected chi connectivity index (χ2v) is 8.25. The monoisotopic (exact) mass is 482 g/mol. The van der Waals surface area contributed by atoms with Gasteiger partial charge in [0.1, 0.15) is 5.01 Å². The molecule has 0 saturated heterocycles. The van der Waals surface area contributed by atoms with Crippen molar-refractivity contribution in [2.45, 2.75) is 26.6 Å². The van der Waals surface area contributed by atoms with Gasteiger partial charge in [-0.25, -0.2) is 14.2 Å². The molecular weight excluding hydrogens is 460 g/mol. The van der Waals surface area contributed by atoms with Gasteiger partial charge in [-0.3, -0.25) is 0 Å². The van der Waals surface area contributed by atoms with Gasteiger partial charge in [0.25, 0.3) is 0 Å². The average Bonchev–Trinajstić information content (AvgIpc) is 3.12. The first-order valence-electron chi connectivity index (χ1n) is 10.0. The van der Waals surface area contributed by atoms with Gasteiger partial charge in [0, 0.05) is 29.2 Å². The zero-order valence-electron chi connectivity index (χ0n) is 18.2. The van der Waals surface area contributed by atoms with Gasteiger partial charge in [0.2, 0.25) is 0 Å². The molecule has 0 bridgehead atoms. The topological polar surface area (TPSA) is 51.7 Å². The highest BCUT2D eigenvalue weighted by Gasteiger charge is 2.30. The smallest absolute Gasteiger partial charge is 0.416 e. The third-order valence-electron chi connectivity index (χ3n) is 4.74. The summed E-state index contributed by atoms with van der Waals surface area (Å²) in [4.78, 5) is 18.6. The van der Waals surface area contributed by atoms with E-state index in [1.165, 1.54) is 35.6 Å². The van der Waals surface area contributed by atoms with Crippen LogP contribution >= 0.6 is 11.3 Å². The number of carbonyl (C=O) groups is 1. The van der Waals surface area contributed by atoms with Crippen LogP contribution in [0, 0.1) is 12.7 Å². The summed E-state index contributed by atoms with van der Waals surface area (Å²) in [6.07, 6.45) is -4.39. The molecule has 0 fully saturated rings. The number of anilines is 1. The Morgan fingerprint density at radius 3 is 2.45 bits per heavy atom. The number of alkyl halides is 3. The number of aromatic nitrogens is 1. The predicted octanol–water partition coefficient (Wildman–Crippen LogP) is 5.85. The lowest BCUT2D eigenvalue weighted by atomic mass is 10.1. The molecule has 176 valence electrons. The summed E-state index contributed by atoms with van der Waals surface area (Å²) in [6, 6.07) is 9.27. The molecule has 0 spiro atoms. The van der Waals surface area contributed by atoms with E-state index in [0.717, 1.165) is 22.7 Å². The fourth-order valence-electron chi connectivity index (χ4n) is 2.99. The number of thiazole rings is 1.